The third-order valence-electron chi connectivity index (χ3n) is 6.46. The summed E-state index contributed by atoms with van der Waals surface area (Å²) in [5.74, 6) is -0.196. The molecule has 3 aromatic heterocycles. The smallest absolute Gasteiger partial charge is 0.349 e. The maximum Gasteiger partial charge on any atom is 0.349 e. The average Bonchev–Trinajstić information content (AvgIpc) is 3.35. The Hall–Kier alpha value is -4.36. The molecule has 7 heteroatoms. The molecule has 0 aliphatic rings. The fraction of sp³-hybridized carbons (Fsp3) is 0.133. The van der Waals surface area contributed by atoms with Crippen molar-refractivity contribution in [3.05, 3.63) is 112 Å². The molecule has 6 aromatic rings. The zero-order valence-corrected chi connectivity index (χ0v) is 21.2. The van der Waals surface area contributed by atoms with Gasteiger partial charge in [0.1, 0.15) is 11.1 Å². The monoisotopic (exact) mass is 505 g/mol. The Labute approximate surface area is 216 Å². The maximum absolute atomic E-state index is 14.1. The lowest BCUT2D eigenvalue weighted by Crippen LogP contribution is -2.34. The summed E-state index contributed by atoms with van der Waals surface area (Å²) in [6.07, 6.45) is 1.68. The van der Waals surface area contributed by atoms with Crippen molar-refractivity contribution in [2.75, 3.05) is 4.90 Å². The minimum absolute atomic E-state index is 0.0388. The lowest BCUT2D eigenvalue weighted by molar-refractivity contribution is 0.0981. The van der Waals surface area contributed by atoms with Crippen LogP contribution in [0.25, 0.3) is 32.0 Å². The highest BCUT2D eigenvalue weighted by Crippen LogP contribution is 2.35. The lowest BCUT2D eigenvalue weighted by atomic mass is 10.0. The average molecular weight is 506 g/mol. The molecule has 3 aromatic carbocycles. The number of nitrogens with zero attached hydrogens (tertiary/aromatic N) is 3. The zero-order chi connectivity index (χ0) is 25.5. The van der Waals surface area contributed by atoms with E-state index in [1.807, 2.05) is 60.7 Å². The van der Waals surface area contributed by atoms with Gasteiger partial charge in [-0.2, -0.15) is 0 Å². The Bertz CT molecular complexity index is 1840. The summed E-state index contributed by atoms with van der Waals surface area (Å²) < 4.78 is 6.62. The summed E-state index contributed by atoms with van der Waals surface area (Å²) in [5, 5.41) is 3.14. The second-order valence-electron chi connectivity index (χ2n) is 9.20. The van der Waals surface area contributed by atoms with Crippen LogP contribution in [-0.2, 0) is 6.54 Å². The maximum atomic E-state index is 14.1. The number of hydrogen-bond donors (Lipinski definition) is 0. The molecule has 37 heavy (non-hydrogen) atoms. The van der Waals surface area contributed by atoms with E-state index < -0.39 is 11.5 Å². The fourth-order valence-corrected chi connectivity index (χ4v) is 5.58. The van der Waals surface area contributed by atoms with Crippen LogP contribution in [0.2, 0.25) is 0 Å². The number of thiazole rings is 1. The molecule has 3 heterocycles. The predicted octanol–water partition coefficient (Wildman–Crippen LogP) is 6.92. The molecule has 0 radical (unpaired) electrons. The Morgan fingerprint density at radius 3 is 2.62 bits per heavy atom. The van der Waals surface area contributed by atoms with Gasteiger partial charge in [0.15, 0.2) is 5.13 Å². The summed E-state index contributed by atoms with van der Waals surface area (Å²) in [4.78, 5) is 37.9. The number of anilines is 1. The minimum atomic E-state index is -0.678. The first-order valence-electron chi connectivity index (χ1n) is 12.1. The number of para-hydroxylation sites is 1. The third-order valence-corrected chi connectivity index (χ3v) is 7.50. The van der Waals surface area contributed by atoms with E-state index in [1.54, 1.807) is 18.3 Å². The van der Waals surface area contributed by atoms with E-state index in [0.717, 1.165) is 26.6 Å². The molecule has 182 valence electrons. The first-order valence-corrected chi connectivity index (χ1v) is 12.9. The van der Waals surface area contributed by atoms with Crippen molar-refractivity contribution in [2.45, 2.75) is 26.3 Å². The van der Waals surface area contributed by atoms with E-state index in [0.29, 0.717) is 21.8 Å². The predicted molar refractivity (Wildman–Crippen MR) is 148 cm³/mol. The Kier molecular flexibility index (Phi) is 5.77. The van der Waals surface area contributed by atoms with E-state index in [1.165, 1.54) is 16.2 Å². The highest BCUT2D eigenvalue weighted by atomic mass is 32.1. The number of amides is 1. The van der Waals surface area contributed by atoms with Crippen molar-refractivity contribution in [3.63, 3.8) is 0 Å². The van der Waals surface area contributed by atoms with Crippen LogP contribution in [0.5, 0.6) is 0 Å². The molecule has 0 spiro atoms. The van der Waals surface area contributed by atoms with E-state index in [4.69, 9.17) is 9.40 Å². The standard InChI is InChI=1S/C30H23N3O3S/c1-18(2)21-11-7-12-26-27(21)32-30(37-26)33(17-20-9-5-6-15-31-20)28(34)24-16-23-22-10-4-3-8-19(22)13-14-25(23)36-29(24)35/h3-16,18H,17H2,1-2H3. The topological polar surface area (TPSA) is 76.3 Å². The third kappa shape index (κ3) is 4.17. The van der Waals surface area contributed by atoms with Crippen molar-refractivity contribution in [2.24, 2.45) is 0 Å². The van der Waals surface area contributed by atoms with Crippen LogP contribution in [0.1, 0.15) is 41.4 Å². The van der Waals surface area contributed by atoms with Gasteiger partial charge >= 0.3 is 5.63 Å². The van der Waals surface area contributed by atoms with Crippen LogP contribution in [0.3, 0.4) is 0 Å². The SMILES string of the molecule is CC(C)c1cccc2sc(N(Cc3ccccn3)C(=O)c3cc4c(ccc5ccccc54)oc3=O)nc12. The Balaban J connectivity index is 1.52. The summed E-state index contributed by atoms with van der Waals surface area (Å²) in [6, 6.07) is 24.8. The number of aromatic nitrogens is 2. The molecular formula is C30H23N3O3S. The van der Waals surface area contributed by atoms with Gasteiger partial charge in [-0.3, -0.25) is 14.7 Å². The second kappa shape index (κ2) is 9.26. The highest BCUT2D eigenvalue weighted by Gasteiger charge is 2.26. The van der Waals surface area contributed by atoms with Gasteiger partial charge in [-0.15, -0.1) is 0 Å². The zero-order valence-electron chi connectivity index (χ0n) is 20.3. The van der Waals surface area contributed by atoms with Gasteiger partial charge < -0.3 is 4.42 Å². The van der Waals surface area contributed by atoms with Gasteiger partial charge in [0.25, 0.3) is 5.91 Å². The van der Waals surface area contributed by atoms with Crippen LogP contribution in [0, 0.1) is 0 Å². The number of carbonyl (C=O) groups is 1. The molecule has 1 amide bonds. The summed E-state index contributed by atoms with van der Waals surface area (Å²) in [5.41, 5.74) is 2.40. The number of hydrogen-bond acceptors (Lipinski definition) is 6. The largest absolute Gasteiger partial charge is 0.422 e. The van der Waals surface area contributed by atoms with Gasteiger partial charge in [-0.25, -0.2) is 9.78 Å². The summed E-state index contributed by atoms with van der Waals surface area (Å²) in [6.45, 7) is 4.41. The second-order valence-corrected chi connectivity index (χ2v) is 10.2. The number of pyridine rings is 1. The highest BCUT2D eigenvalue weighted by molar-refractivity contribution is 7.22. The van der Waals surface area contributed by atoms with Gasteiger partial charge in [0.2, 0.25) is 0 Å². The van der Waals surface area contributed by atoms with E-state index in [2.05, 4.69) is 24.9 Å². The summed E-state index contributed by atoms with van der Waals surface area (Å²) >= 11 is 1.42. The van der Waals surface area contributed by atoms with Crippen LogP contribution >= 0.6 is 11.3 Å². The molecule has 0 saturated heterocycles. The molecular weight excluding hydrogens is 482 g/mol. The lowest BCUT2D eigenvalue weighted by Gasteiger charge is -2.19. The number of carbonyl (C=O) groups excluding carboxylic acids is 1. The Morgan fingerprint density at radius 1 is 0.973 bits per heavy atom. The number of benzene rings is 3. The summed E-state index contributed by atoms with van der Waals surface area (Å²) in [7, 11) is 0. The van der Waals surface area contributed by atoms with Crippen LogP contribution < -0.4 is 10.5 Å². The van der Waals surface area contributed by atoms with E-state index >= 15 is 0 Å². The van der Waals surface area contributed by atoms with Crippen molar-refractivity contribution in [3.8, 4) is 0 Å². The normalized spacial score (nSPS) is 11.5. The van der Waals surface area contributed by atoms with Crippen molar-refractivity contribution in [1.29, 1.82) is 0 Å². The first-order chi connectivity index (χ1) is 18.0. The number of rotatable bonds is 5. The van der Waals surface area contributed by atoms with Crippen molar-refractivity contribution < 1.29 is 9.21 Å². The van der Waals surface area contributed by atoms with Crippen molar-refractivity contribution >= 4 is 54.3 Å². The molecule has 0 saturated carbocycles. The minimum Gasteiger partial charge on any atom is -0.422 e. The van der Waals surface area contributed by atoms with Crippen LogP contribution in [0.4, 0.5) is 5.13 Å². The van der Waals surface area contributed by atoms with E-state index in [9.17, 15) is 9.59 Å². The molecule has 0 bridgehead atoms. The fourth-order valence-electron chi connectivity index (χ4n) is 4.59. The molecule has 0 aliphatic heterocycles. The van der Waals surface area contributed by atoms with E-state index in [-0.39, 0.29) is 18.0 Å². The first kappa shape index (κ1) is 23.1. The Morgan fingerprint density at radius 2 is 1.81 bits per heavy atom. The molecule has 0 fully saturated rings. The quantitative estimate of drug-likeness (QED) is 0.188. The van der Waals surface area contributed by atoms with Crippen LogP contribution in [0.15, 0.2) is 94.3 Å². The molecule has 0 atom stereocenters. The molecule has 0 N–H and O–H groups in total. The van der Waals surface area contributed by atoms with Crippen LogP contribution in [-0.4, -0.2) is 15.9 Å². The van der Waals surface area contributed by atoms with Gasteiger partial charge in [0, 0.05) is 11.6 Å². The molecule has 6 rings (SSSR count). The van der Waals surface area contributed by atoms with Crippen molar-refractivity contribution in [1.82, 2.24) is 9.97 Å². The molecule has 0 aliphatic carbocycles. The number of fused-ring (bicyclic) bond motifs is 4. The van der Waals surface area contributed by atoms with Gasteiger partial charge in [-0.1, -0.05) is 73.7 Å². The molecule has 6 nitrogen and oxygen atoms in total. The van der Waals surface area contributed by atoms with Gasteiger partial charge in [-0.05, 0) is 52.6 Å². The van der Waals surface area contributed by atoms with Gasteiger partial charge in [0.05, 0.1) is 22.5 Å². The molecule has 0 unspecified atom stereocenters.